The van der Waals surface area contributed by atoms with Gasteiger partial charge < -0.3 is 5.11 Å². The van der Waals surface area contributed by atoms with Crippen molar-refractivity contribution in [1.29, 1.82) is 0 Å². The Bertz CT molecular complexity index is 564. The fourth-order valence-corrected chi connectivity index (χ4v) is 3.55. The topological polar surface area (TPSA) is 66.4 Å². The molecule has 0 aromatic heterocycles. The molecular weight excluding hydrogens is 337 g/mol. The summed E-state index contributed by atoms with van der Waals surface area (Å²) in [4.78, 5) is -0.110. The van der Waals surface area contributed by atoms with Crippen molar-refractivity contribution in [3.63, 3.8) is 0 Å². The lowest BCUT2D eigenvalue weighted by atomic mass is 10.1. The lowest BCUT2D eigenvalue weighted by Gasteiger charge is -2.15. The number of rotatable bonds is 4. The molecule has 1 aliphatic carbocycles. The van der Waals surface area contributed by atoms with Crippen molar-refractivity contribution in [3.8, 4) is 0 Å². The lowest BCUT2D eigenvalue weighted by Crippen LogP contribution is -2.32. The average molecular weight is 352 g/mol. The van der Waals surface area contributed by atoms with Gasteiger partial charge in [-0.2, -0.15) is 0 Å². The molecular formula is C12H15BrFNO3S. The van der Waals surface area contributed by atoms with Crippen LogP contribution in [0.1, 0.15) is 19.3 Å². The average Bonchev–Trinajstić information content (AvgIpc) is 2.76. The number of halogens is 2. The Kier molecular flexibility index (Phi) is 4.60. The minimum absolute atomic E-state index is 0.0601. The molecule has 2 N–H and O–H groups in total. The lowest BCUT2D eigenvalue weighted by molar-refractivity contribution is 0.134. The predicted octanol–water partition coefficient (Wildman–Crippen LogP) is 2.03. The van der Waals surface area contributed by atoms with E-state index in [0.29, 0.717) is 6.42 Å². The van der Waals surface area contributed by atoms with Gasteiger partial charge in [0, 0.05) is 6.54 Å². The van der Waals surface area contributed by atoms with Gasteiger partial charge in [0.1, 0.15) is 5.82 Å². The van der Waals surface area contributed by atoms with E-state index in [1.165, 1.54) is 12.1 Å². The van der Waals surface area contributed by atoms with Crippen LogP contribution in [0.3, 0.4) is 0 Å². The molecule has 106 valence electrons. The zero-order chi connectivity index (χ0) is 14.0. The summed E-state index contributed by atoms with van der Waals surface area (Å²) in [6, 6.07) is 3.66. The van der Waals surface area contributed by atoms with E-state index < -0.39 is 21.9 Å². The first-order valence-electron chi connectivity index (χ1n) is 6.03. The van der Waals surface area contributed by atoms with Crippen LogP contribution in [0.25, 0.3) is 0 Å². The molecule has 7 heteroatoms. The van der Waals surface area contributed by atoms with Gasteiger partial charge >= 0.3 is 0 Å². The van der Waals surface area contributed by atoms with Gasteiger partial charge in [-0.15, -0.1) is 0 Å². The first kappa shape index (κ1) is 14.9. The maximum Gasteiger partial charge on any atom is 0.240 e. The van der Waals surface area contributed by atoms with Crippen molar-refractivity contribution in [3.05, 3.63) is 28.5 Å². The third kappa shape index (κ3) is 3.53. The maximum atomic E-state index is 13.3. The van der Waals surface area contributed by atoms with Crippen LogP contribution in [-0.4, -0.2) is 26.2 Å². The highest BCUT2D eigenvalue weighted by Gasteiger charge is 2.27. The Balaban J connectivity index is 2.07. The van der Waals surface area contributed by atoms with Gasteiger partial charge in [0.15, 0.2) is 0 Å². The van der Waals surface area contributed by atoms with Crippen LogP contribution in [0.4, 0.5) is 4.39 Å². The van der Waals surface area contributed by atoms with Gasteiger partial charge in [0.25, 0.3) is 0 Å². The van der Waals surface area contributed by atoms with Crippen molar-refractivity contribution < 1.29 is 17.9 Å². The molecule has 1 aliphatic rings. The van der Waals surface area contributed by atoms with E-state index in [-0.39, 0.29) is 21.8 Å². The number of aliphatic hydroxyl groups excluding tert-OH is 1. The summed E-state index contributed by atoms with van der Waals surface area (Å²) in [5.74, 6) is -0.682. The summed E-state index contributed by atoms with van der Waals surface area (Å²) in [5, 5.41) is 9.64. The highest BCUT2D eigenvalue weighted by molar-refractivity contribution is 9.10. The molecule has 0 spiro atoms. The summed E-state index contributed by atoms with van der Waals surface area (Å²) in [6.07, 6.45) is 1.96. The molecule has 2 atom stereocenters. The van der Waals surface area contributed by atoms with Crippen LogP contribution in [0, 0.1) is 11.7 Å². The molecule has 1 fully saturated rings. The van der Waals surface area contributed by atoms with Gasteiger partial charge in [0.2, 0.25) is 10.0 Å². The molecule has 2 unspecified atom stereocenters. The molecule has 0 radical (unpaired) electrons. The minimum Gasteiger partial charge on any atom is -0.393 e. The molecule has 4 nitrogen and oxygen atoms in total. The fraction of sp³-hybridized carbons (Fsp3) is 0.500. The minimum atomic E-state index is -3.73. The zero-order valence-electron chi connectivity index (χ0n) is 10.1. The number of nitrogens with one attached hydrogen (secondary N) is 1. The van der Waals surface area contributed by atoms with E-state index >= 15 is 0 Å². The van der Waals surface area contributed by atoms with Crippen LogP contribution in [0.15, 0.2) is 27.6 Å². The first-order valence-corrected chi connectivity index (χ1v) is 8.30. The Morgan fingerprint density at radius 3 is 2.74 bits per heavy atom. The van der Waals surface area contributed by atoms with E-state index in [1.807, 2.05) is 0 Å². The van der Waals surface area contributed by atoms with Crippen LogP contribution in [0.2, 0.25) is 0 Å². The molecule has 0 bridgehead atoms. The Labute approximate surface area is 120 Å². The van der Waals surface area contributed by atoms with Gasteiger partial charge in [-0.25, -0.2) is 17.5 Å². The van der Waals surface area contributed by atoms with Crippen LogP contribution in [-0.2, 0) is 10.0 Å². The van der Waals surface area contributed by atoms with E-state index in [9.17, 15) is 17.9 Å². The SMILES string of the molecule is O=S(=O)(NCC1CCCC1O)c1ccc(Br)c(F)c1. The summed E-state index contributed by atoms with van der Waals surface area (Å²) < 4.78 is 39.9. The highest BCUT2D eigenvalue weighted by Crippen LogP contribution is 2.25. The Hall–Kier alpha value is -0.500. The molecule has 19 heavy (non-hydrogen) atoms. The highest BCUT2D eigenvalue weighted by atomic mass is 79.9. The zero-order valence-corrected chi connectivity index (χ0v) is 12.5. The summed E-state index contributed by atoms with van der Waals surface area (Å²) >= 11 is 2.97. The van der Waals surface area contributed by atoms with Crippen molar-refractivity contribution in [2.24, 2.45) is 5.92 Å². The molecule has 2 rings (SSSR count). The van der Waals surface area contributed by atoms with Gasteiger partial charge in [-0.05, 0) is 52.9 Å². The van der Waals surface area contributed by atoms with E-state index in [4.69, 9.17) is 0 Å². The van der Waals surface area contributed by atoms with Crippen LogP contribution in [0.5, 0.6) is 0 Å². The first-order chi connectivity index (χ1) is 8.90. The van der Waals surface area contributed by atoms with E-state index in [0.717, 1.165) is 18.9 Å². The molecule has 0 aliphatic heterocycles. The second-order valence-corrected chi connectivity index (χ2v) is 7.31. The van der Waals surface area contributed by atoms with Crippen molar-refractivity contribution in [1.82, 2.24) is 4.72 Å². The van der Waals surface area contributed by atoms with Gasteiger partial charge in [-0.1, -0.05) is 6.42 Å². The van der Waals surface area contributed by atoms with Crippen LogP contribution >= 0.6 is 15.9 Å². The van der Waals surface area contributed by atoms with E-state index in [1.54, 1.807) is 0 Å². The largest absolute Gasteiger partial charge is 0.393 e. The second-order valence-electron chi connectivity index (χ2n) is 4.69. The standard InChI is InChI=1S/C12H15BrFNO3S/c13-10-5-4-9(6-11(10)14)19(17,18)15-7-8-2-1-3-12(8)16/h4-6,8,12,15-16H,1-3,7H2. The molecule has 1 aromatic carbocycles. The molecule has 1 saturated carbocycles. The molecule has 0 saturated heterocycles. The predicted molar refractivity (Wildman–Crippen MR) is 72.6 cm³/mol. The summed E-state index contributed by atoms with van der Waals surface area (Å²) in [6.45, 7) is 0.182. The van der Waals surface area contributed by atoms with Crippen molar-refractivity contribution >= 4 is 26.0 Å². The van der Waals surface area contributed by atoms with Gasteiger partial charge in [0.05, 0.1) is 15.5 Å². The van der Waals surface area contributed by atoms with Crippen molar-refractivity contribution in [2.45, 2.75) is 30.3 Å². The number of sulfonamides is 1. The van der Waals surface area contributed by atoms with Crippen molar-refractivity contribution in [2.75, 3.05) is 6.54 Å². The normalized spacial score (nSPS) is 23.7. The monoisotopic (exact) mass is 351 g/mol. The third-order valence-electron chi connectivity index (χ3n) is 3.36. The second kappa shape index (κ2) is 5.87. The number of benzene rings is 1. The fourth-order valence-electron chi connectivity index (χ4n) is 2.20. The number of aliphatic hydroxyl groups is 1. The van der Waals surface area contributed by atoms with Gasteiger partial charge in [-0.3, -0.25) is 0 Å². The Morgan fingerprint density at radius 2 is 2.16 bits per heavy atom. The number of hydrogen-bond donors (Lipinski definition) is 2. The third-order valence-corrected chi connectivity index (χ3v) is 5.42. The Morgan fingerprint density at radius 1 is 1.42 bits per heavy atom. The number of hydrogen-bond acceptors (Lipinski definition) is 3. The van der Waals surface area contributed by atoms with E-state index in [2.05, 4.69) is 20.7 Å². The summed E-state index contributed by atoms with van der Waals surface area (Å²) in [7, 11) is -3.73. The quantitative estimate of drug-likeness (QED) is 0.872. The van der Waals surface area contributed by atoms with Crippen LogP contribution < -0.4 is 4.72 Å². The molecule has 0 amide bonds. The summed E-state index contributed by atoms with van der Waals surface area (Å²) in [5.41, 5.74) is 0. The molecule has 0 heterocycles. The maximum absolute atomic E-state index is 13.3. The molecule has 1 aromatic rings. The smallest absolute Gasteiger partial charge is 0.240 e.